The zero-order valence-electron chi connectivity index (χ0n) is 13.6. The highest BCUT2D eigenvalue weighted by Gasteiger charge is 2.24. The van der Waals surface area contributed by atoms with Crippen molar-refractivity contribution >= 4 is 11.6 Å². The van der Waals surface area contributed by atoms with E-state index < -0.39 is 11.6 Å². The van der Waals surface area contributed by atoms with E-state index in [0.29, 0.717) is 22.6 Å². The molecule has 0 spiro atoms. The van der Waals surface area contributed by atoms with Gasteiger partial charge in [-0.25, -0.2) is 8.78 Å². The number of rotatable bonds is 4. The molecule has 2 nitrogen and oxygen atoms in total. The van der Waals surface area contributed by atoms with E-state index in [1.165, 1.54) is 14.2 Å². The van der Waals surface area contributed by atoms with Gasteiger partial charge in [-0.1, -0.05) is 48.0 Å². The highest BCUT2D eigenvalue weighted by atomic mass is 35.5. The molecule has 3 aromatic rings. The molecular formula is C20H15ClF2O2. The minimum absolute atomic E-state index is 0.0342. The number of hydrogen-bond acceptors (Lipinski definition) is 2. The summed E-state index contributed by atoms with van der Waals surface area (Å²) in [5, 5.41) is -0.294. The standard InChI is InChI=1S/C20H15ClF2O2/c1-24-16-9-5-3-7-12(16)18-15(22)11-14(21)20(23)19(18)13-8-4-6-10-17(13)25-2/h3-11H,1-2H3. The Bertz CT molecular complexity index is 926. The molecule has 0 aromatic heterocycles. The number of hydrogen-bond donors (Lipinski definition) is 0. The van der Waals surface area contributed by atoms with Gasteiger partial charge in [0.15, 0.2) is 5.82 Å². The van der Waals surface area contributed by atoms with Crippen LogP contribution in [0.15, 0.2) is 54.6 Å². The zero-order valence-corrected chi connectivity index (χ0v) is 14.4. The molecule has 0 aliphatic heterocycles. The van der Waals surface area contributed by atoms with Crippen molar-refractivity contribution < 1.29 is 18.3 Å². The summed E-state index contributed by atoms with van der Waals surface area (Å²) in [5.74, 6) is -0.510. The van der Waals surface area contributed by atoms with Crippen LogP contribution < -0.4 is 9.47 Å². The SMILES string of the molecule is COc1ccccc1-c1c(F)cc(Cl)c(F)c1-c1ccccc1OC. The molecule has 0 amide bonds. The fourth-order valence-electron chi connectivity index (χ4n) is 2.81. The van der Waals surface area contributed by atoms with Crippen LogP contribution in [0.1, 0.15) is 0 Å². The van der Waals surface area contributed by atoms with Gasteiger partial charge in [0.25, 0.3) is 0 Å². The number of para-hydroxylation sites is 2. The minimum atomic E-state index is -0.714. The summed E-state index contributed by atoms with van der Waals surface area (Å²) in [6.45, 7) is 0. The average Bonchev–Trinajstić information content (AvgIpc) is 2.64. The van der Waals surface area contributed by atoms with Gasteiger partial charge < -0.3 is 9.47 Å². The number of halogens is 3. The molecule has 0 atom stereocenters. The highest BCUT2D eigenvalue weighted by Crippen LogP contribution is 2.45. The lowest BCUT2D eigenvalue weighted by Gasteiger charge is -2.17. The summed E-state index contributed by atoms with van der Waals surface area (Å²) in [6, 6.07) is 14.6. The van der Waals surface area contributed by atoms with E-state index in [2.05, 4.69) is 0 Å². The molecule has 0 fully saturated rings. The monoisotopic (exact) mass is 360 g/mol. The van der Waals surface area contributed by atoms with E-state index in [1.54, 1.807) is 48.5 Å². The first-order valence-electron chi connectivity index (χ1n) is 7.52. The van der Waals surface area contributed by atoms with Crippen molar-refractivity contribution in [3.05, 3.63) is 71.3 Å². The lowest BCUT2D eigenvalue weighted by Crippen LogP contribution is -1.99. The number of methoxy groups -OCH3 is 2. The van der Waals surface area contributed by atoms with Gasteiger partial charge in [-0.3, -0.25) is 0 Å². The Kier molecular flexibility index (Phi) is 4.91. The summed E-state index contributed by atoms with van der Waals surface area (Å²) in [7, 11) is 2.95. The molecule has 0 saturated carbocycles. The second-order valence-corrected chi connectivity index (χ2v) is 5.71. The molecule has 0 saturated heterocycles. The first-order chi connectivity index (χ1) is 12.1. The van der Waals surface area contributed by atoms with Crippen molar-refractivity contribution in [2.45, 2.75) is 0 Å². The van der Waals surface area contributed by atoms with E-state index in [4.69, 9.17) is 21.1 Å². The van der Waals surface area contributed by atoms with Crippen LogP contribution >= 0.6 is 11.6 Å². The molecule has 0 radical (unpaired) electrons. The fourth-order valence-corrected chi connectivity index (χ4v) is 3.00. The smallest absolute Gasteiger partial charge is 0.150 e. The maximum atomic E-state index is 15.0. The van der Waals surface area contributed by atoms with Gasteiger partial charge in [0.2, 0.25) is 0 Å². The summed E-state index contributed by atoms with van der Waals surface area (Å²) in [4.78, 5) is 0. The summed E-state index contributed by atoms with van der Waals surface area (Å²) in [6.07, 6.45) is 0. The molecule has 25 heavy (non-hydrogen) atoms. The van der Waals surface area contributed by atoms with Gasteiger partial charge >= 0.3 is 0 Å². The Morgan fingerprint density at radius 3 is 1.76 bits per heavy atom. The lowest BCUT2D eigenvalue weighted by molar-refractivity contribution is 0.415. The minimum Gasteiger partial charge on any atom is -0.496 e. The molecule has 128 valence electrons. The largest absolute Gasteiger partial charge is 0.496 e. The van der Waals surface area contributed by atoms with Crippen molar-refractivity contribution in [2.24, 2.45) is 0 Å². The van der Waals surface area contributed by atoms with Crippen LogP contribution in [0.25, 0.3) is 22.3 Å². The Morgan fingerprint density at radius 1 is 0.760 bits per heavy atom. The molecular weight excluding hydrogens is 346 g/mol. The van der Waals surface area contributed by atoms with Crippen LogP contribution in [0.2, 0.25) is 5.02 Å². The summed E-state index contributed by atoms with van der Waals surface area (Å²) < 4.78 is 40.5. The van der Waals surface area contributed by atoms with Crippen molar-refractivity contribution in [2.75, 3.05) is 14.2 Å². The second kappa shape index (κ2) is 7.11. The van der Waals surface area contributed by atoms with Gasteiger partial charge in [-0.15, -0.1) is 0 Å². The van der Waals surface area contributed by atoms with Crippen LogP contribution in [-0.4, -0.2) is 14.2 Å². The van der Waals surface area contributed by atoms with Crippen LogP contribution in [0.4, 0.5) is 8.78 Å². The van der Waals surface area contributed by atoms with Gasteiger partial charge in [0.1, 0.15) is 17.3 Å². The van der Waals surface area contributed by atoms with Crippen LogP contribution in [0.3, 0.4) is 0 Å². The lowest BCUT2D eigenvalue weighted by atomic mass is 9.92. The van der Waals surface area contributed by atoms with Crippen molar-refractivity contribution in [1.29, 1.82) is 0 Å². The predicted molar refractivity (Wildman–Crippen MR) is 95.3 cm³/mol. The zero-order chi connectivity index (χ0) is 18.0. The van der Waals surface area contributed by atoms with Gasteiger partial charge in [0, 0.05) is 22.3 Å². The van der Waals surface area contributed by atoms with E-state index in [0.717, 1.165) is 6.07 Å². The van der Waals surface area contributed by atoms with Crippen LogP contribution in [0, 0.1) is 11.6 Å². The van der Waals surface area contributed by atoms with Crippen molar-refractivity contribution in [3.8, 4) is 33.8 Å². The van der Waals surface area contributed by atoms with Crippen molar-refractivity contribution in [3.63, 3.8) is 0 Å². The molecule has 5 heteroatoms. The number of ether oxygens (including phenoxy) is 2. The fraction of sp³-hybridized carbons (Fsp3) is 0.100. The van der Waals surface area contributed by atoms with Crippen molar-refractivity contribution in [1.82, 2.24) is 0 Å². The Labute approximate surface area is 149 Å². The molecule has 0 heterocycles. The third-order valence-electron chi connectivity index (χ3n) is 3.92. The van der Waals surface area contributed by atoms with E-state index in [9.17, 15) is 8.78 Å². The molecule has 0 aliphatic rings. The van der Waals surface area contributed by atoms with E-state index in [1.807, 2.05) is 0 Å². The molecule has 0 unspecified atom stereocenters. The molecule has 3 rings (SSSR count). The van der Waals surface area contributed by atoms with Crippen LogP contribution in [0.5, 0.6) is 11.5 Å². The third-order valence-corrected chi connectivity index (χ3v) is 4.20. The summed E-state index contributed by atoms with van der Waals surface area (Å²) in [5.41, 5.74) is 0.944. The van der Waals surface area contributed by atoms with E-state index in [-0.39, 0.29) is 16.1 Å². The highest BCUT2D eigenvalue weighted by molar-refractivity contribution is 6.31. The second-order valence-electron chi connectivity index (χ2n) is 5.30. The topological polar surface area (TPSA) is 18.5 Å². The molecule has 0 bridgehead atoms. The van der Waals surface area contributed by atoms with E-state index >= 15 is 0 Å². The normalized spacial score (nSPS) is 10.6. The Hall–Kier alpha value is -2.59. The third kappa shape index (κ3) is 3.05. The molecule has 3 aromatic carbocycles. The average molecular weight is 361 g/mol. The maximum absolute atomic E-state index is 15.0. The first kappa shape index (κ1) is 17.2. The van der Waals surface area contributed by atoms with Gasteiger partial charge in [-0.05, 0) is 18.2 Å². The Balaban J connectivity index is 2.43. The predicted octanol–water partition coefficient (Wildman–Crippen LogP) is 5.97. The first-order valence-corrected chi connectivity index (χ1v) is 7.90. The molecule has 0 aliphatic carbocycles. The number of benzene rings is 3. The van der Waals surface area contributed by atoms with Crippen LogP contribution in [-0.2, 0) is 0 Å². The maximum Gasteiger partial charge on any atom is 0.150 e. The van der Waals surface area contributed by atoms with Gasteiger partial charge in [-0.2, -0.15) is 0 Å². The quantitative estimate of drug-likeness (QED) is 0.534. The summed E-state index contributed by atoms with van der Waals surface area (Å²) >= 11 is 5.91. The van der Waals surface area contributed by atoms with Gasteiger partial charge in [0.05, 0.1) is 19.2 Å². The molecule has 0 N–H and O–H groups in total. The Morgan fingerprint density at radius 2 is 1.24 bits per heavy atom.